The molecular formula is C26H14O. The lowest BCUT2D eigenvalue weighted by atomic mass is 9.81. The molecule has 0 unspecified atom stereocenters. The molecule has 7 rings (SSSR count). The third kappa shape index (κ3) is 1.43. The Morgan fingerprint density at radius 2 is 0.889 bits per heavy atom. The molecule has 7 aromatic carbocycles. The minimum atomic E-state index is 0.126. The van der Waals surface area contributed by atoms with Crippen molar-refractivity contribution >= 4 is 70.4 Å². The van der Waals surface area contributed by atoms with Crippen LogP contribution in [0.5, 0.6) is 0 Å². The van der Waals surface area contributed by atoms with Crippen molar-refractivity contribution in [1.82, 2.24) is 0 Å². The zero-order chi connectivity index (χ0) is 17.9. The maximum Gasteiger partial charge on any atom is 0.160 e. The van der Waals surface area contributed by atoms with Crippen LogP contribution in [0.15, 0.2) is 66.7 Å². The molecule has 0 spiro atoms. The first-order valence-corrected chi connectivity index (χ1v) is 9.33. The fourth-order valence-corrected chi connectivity index (χ4v) is 5.28. The second-order valence-corrected chi connectivity index (χ2v) is 7.72. The molecule has 0 saturated heterocycles. The number of carbonyl (C=O) groups excluding carboxylic acids is 1. The normalized spacial score (nSPS) is 12.8. The van der Waals surface area contributed by atoms with Crippen LogP contribution in [-0.2, 0) is 0 Å². The molecule has 0 heterocycles. The minimum Gasteiger partial charge on any atom is -0.294 e. The van der Waals surface area contributed by atoms with Crippen LogP contribution in [0.25, 0.3) is 64.6 Å². The molecule has 1 heteroatoms. The van der Waals surface area contributed by atoms with Gasteiger partial charge < -0.3 is 0 Å². The molecule has 7 aromatic rings. The van der Waals surface area contributed by atoms with Crippen molar-refractivity contribution in [3.63, 3.8) is 0 Å². The molecule has 0 atom stereocenters. The second-order valence-electron chi connectivity index (χ2n) is 7.72. The molecule has 0 fully saturated rings. The van der Waals surface area contributed by atoms with Crippen LogP contribution in [-0.4, -0.2) is 5.78 Å². The van der Waals surface area contributed by atoms with Gasteiger partial charge in [-0.25, -0.2) is 0 Å². The van der Waals surface area contributed by atoms with Gasteiger partial charge in [-0.1, -0.05) is 60.7 Å². The predicted molar refractivity (Wildman–Crippen MR) is 115 cm³/mol. The van der Waals surface area contributed by atoms with E-state index < -0.39 is 0 Å². The lowest BCUT2D eigenvalue weighted by Gasteiger charge is -2.21. The second kappa shape index (κ2) is 4.27. The van der Waals surface area contributed by atoms with Crippen molar-refractivity contribution in [2.75, 3.05) is 0 Å². The van der Waals surface area contributed by atoms with Gasteiger partial charge in [-0.3, -0.25) is 4.79 Å². The van der Waals surface area contributed by atoms with E-state index in [2.05, 4.69) is 66.7 Å². The summed E-state index contributed by atoms with van der Waals surface area (Å²) in [6.07, 6.45) is 0. The van der Waals surface area contributed by atoms with Crippen LogP contribution < -0.4 is 0 Å². The van der Waals surface area contributed by atoms with Crippen LogP contribution in [0.2, 0.25) is 0 Å². The molecular weight excluding hydrogens is 328 g/mol. The molecule has 27 heavy (non-hydrogen) atoms. The van der Waals surface area contributed by atoms with E-state index in [1.54, 1.807) is 6.92 Å². The Hall–Kier alpha value is -3.45. The molecule has 1 nitrogen and oxygen atoms in total. The van der Waals surface area contributed by atoms with E-state index >= 15 is 0 Å². The molecule has 0 saturated carbocycles. The number of hydrogen-bond acceptors (Lipinski definition) is 1. The van der Waals surface area contributed by atoms with E-state index in [9.17, 15) is 4.79 Å². The molecule has 0 aliphatic carbocycles. The summed E-state index contributed by atoms with van der Waals surface area (Å²) in [5.74, 6) is 0.126. The van der Waals surface area contributed by atoms with Gasteiger partial charge in [0.1, 0.15) is 0 Å². The summed E-state index contributed by atoms with van der Waals surface area (Å²) in [6.45, 7) is 1.67. The molecule has 0 N–H and O–H groups in total. The predicted octanol–water partition coefficient (Wildman–Crippen LogP) is 7.12. The Balaban J connectivity index is 2.03. The third-order valence-electron chi connectivity index (χ3n) is 6.38. The van der Waals surface area contributed by atoms with E-state index in [1.165, 1.54) is 53.9 Å². The number of rotatable bonds is 1. The Morgan fingerprint density at radius 3 is 1.37 bits per heavy atom. The molecule has 0 bridgehead atoms. The van der Waals surface area contributed by atoms with E-state index in [1.807, 2.05) is 0 Å². The van der Waals surface area contributed by atoms with Crippen molar-refractivity contribution in [3.05, 3.63) is 72.3 Å². The molecule has 0 aliphatic heterocycles. The maximum atomic E-state index is 12.4. The van der Waals surface area contributed by atoms with Gasteiger partial charge in [0.25, 0.3) is 0 Å². The lowest BCUT2D eigenvalue weighted by Crippen LogP contribution is -1.98. The van der Waals surface area contributed by atoms with E-state index in [0.29, 0.717) is 0 Å². The molecule has 0 radical (unpaired) electrons. The average Bonchev–Trinajstić information content (AvgIpc) is 2.71. The standard InChI is InChI=1S/C26H14O/c1-13(27)20-12-18-9-8-16-5-3-14-2-4-15-6-7-17-10-11-19(20)26-24(17)22(15)21(14)23(16)25(18)26/h2-12H,1H3. The van der Waals surface area contributed by atoms with Gasteiger partial charge in [0.2, 0.25) is 0 Å². The largest absolute Gasteiger partial charge is 0.294 e. The first-order chi connectivity index (χ1) is 13.2. The lowest BCUT2D eigenvalue weighted by molar-refractivity contribution is 0.101. The fourth-order valence-electron chi connectivity index (χ4n) is 5.28. The molecule has 124 valence electrons. The number of ketones is 1. The molecule has 0 amide bonds. The molecule has 0 aromatic heterocycles. The van der Waals surface area contributed by atoms with E-state index in [-0.39, 0.29) is 5.78 Å². The number of carbonyl (C=O) groups is 1. The van der Waals surface area contributed by atoms with Crippen LogP contribution >= 0.6 is 0 Å². The first kappa shape index (κ1) is 13.7. The smallest absolute Gasteiger partial charge is 0.160 e. The SMILES string of the molecule is CC(=O)c1cc2ccc3ccc4ccc5ccc6ccc1c1c6c5c4c3c21. The van der Waals surface area contributed by atoms with Gasteiger partial charge in [-0.05, 0) is 77.6 Å². The summed E-state index contributed by atoms with van der Waals surface area (Å²) in [4.78, 5) is 12.4. The van der Waals surface area contributed by atoms with Crippen molar-refractivity contribution in [3.8, 4) is 0 Å². The highest BCUT2D eigenvalue weighted by molar-refractivity contribution is 6.45. The highest BCUT2D eigenvalue weighted by atomic mass is 16.1. The topological polar surface area (TPSA) is 17.1 Å². The monoisotopic (exact) mass is 342 g/mol. The summed E-state index contributed by atoms with van der Waals surface area (Å²) >= 11 is 0. The van der Waals surface area contributed by atoms with Crippen LogP contribution in [0.3, 0.4) is 0 Å². The Bertz CT molecular complexity index is 1630. The van der Waals surface area contributed by atoms with Gasteiger partial charge in [-0.2, -0.15) is 0 Å². The third-order valence-corrected chi connectivity index (χ3v) is 6.38. The summed E-state index contributed by atoms with van der Waals surface area (Å²) in [7, 11) is 0. The Morgan fingerprint density at radius 1 is 0.519 bits per heavy atom. The Kier molecular flexibility index (Phi) is 2.17. The molecule has 0 aliphatic rings. The maximum absolute atomic E-state index is 12.4. The minimum absolute atomic E-state index is 0.126. The van der Waals surface area contributed by atoms with Gasteiger partial charge >= 0.3 is 0 Å². The highest BCUT2D eigenvalue weighted by Crippen LogP contribution is 2.48. The highest BCUT2D eigenvalue weighted by Gasteiger charge is 2.21. The van der Waals surface area contributed by atoms with Crippen molar-refractivity contribution in [2.45, 2.75) is 6.92 Å². The summed E-state index contributed by atoms with van der Waals surface area (Å²) < 4.78 is 0. The summed E-state index contributed by atoms with van der Waals surface area (Å²) in [5.41, 5.74) is 0.822. The number of Topliss-reactive ketones (excluding diaryl/α,β-unsaturated/α-hetero) is 1. The van der Waals surface area contributed by atoms with Gasteiger partial charge in [0.05, 0.1) is 0 Å². The van der Waals surface area contributed by atoms with Gasteiger partial charge in [-0.15, -0.1) is 0 Å². The number of benzene rings is 7. The summed E-state index contributed by atoms with van der Waals surface area (Å²) in [5, 5.41) is 15.2. The fraction of sp³-hybridized carbons (Fsp3) is 0.0385. The quantitative estimate of drug-likeness (QED) is 0.176. The van der Waals surface area contributed by atoms with Gasteiger partial charge in [0.15, 0.2) is 5.78 Å². The zero-order valence-corrected chi connectivity index (χ0v) is 14.8. The number of hydrogen-bond donors (Lipinski definition) is 0. The van der Waals surface area contributed by atoms with Crippen LogP contribution in [0.4, 0.5) is 0 Å². The van der Waals surface area contributed by atoms with E-state index in [4.69, 9.17) is 0 Å². The van der Waals surface area contributed by atoms with Crippen LogP contribution in [0, 0.1) is 0 Å². The van der Waals surface area contributed by atoms with Crippen molar-refractivity contribution in [1.29, 1.82) is 0 Å². The van der Waals surface area contributed by atoms with Gasteiger partial charge in [0, 0.05) is 5.56 Å². The van der Waals surface area contributed by atoms with Crippen molar-refractivity contribution in [2.24, 2.45) is 0 Å². The van der Waals surface area contributed by atoms with Crippen molar-refractivity contribution < 1.29 is 4.79 Å². The first-order valence-electron chi connectivity index (χ1n) is 9.33. The van der Waals surface area contributed by atoms with Crippen LogP contribution in [0.1, 0.15) is 17.3 Å². The zero-order valence-electron chi connectivity index (χ0n) is 14.8. The van der Waals surface area contributed by atoms with E-state index in [0.717, 1.165) is 16.3 Å². The Labute approximate surface area is 154 Å². The summed E-state index contributed by atoms with van der Waals surface area (Å²) in [6, 6.07) is 24.1. The average molecular weight is 342 g/mol.